The zero-order chi connectivity index (χ0) is 10.1. The van der Waals surface area contributed by atoms with Gasteiger partial charge < -0.3 is 4.90 Å². The minimum Gasteiger partial charge on any atom is -0.364 e. The highest BCUT2D eigenvalue weighted by Gasteiger charge is 2.19. The molecule has 1 aliphatic rings. The summed E-state index contributed by atoms with van der Waals surface area (Å²) in [5.41, 5.74) is 1.05. The fourth-order valence-electron chi connectivity index (χ4n) is 1.53. The van der Waals surface area contributed by atoms with Crippen molar-refractivity contribution in [2.24, 2.45) is 0 Å². The number of carbonyl (C=O) groups is 1. The molecule has 0 spiro atoms. The van der Waals surface area contributed by atoms with Crippen LogP contribution in [-0.4, -0.2) is 18.9 Å². The zero-order valence-electron chi connectivity index (χ0n) is 7.46. The molecule has 0 unspecified atom stereocenters. The normalized spacial score (nSPS) is 16.4. The van der Waals surface area contributed by atoms with Crippen LogP contribution < -0.4 is 4.90 Å². The monoisotopic (exact) mass is 273 g/mol. The lowest BCUT2D eigenvalue weighted by Crippen LogP contribution is -2.19. The first-order valence-corrected chi connectivity index (χ1v) is 5.55. The second-order valence-electron chi connectivity index (χ2n) is 3.31. The highest BCUT2D eigenvalue weighted by atomic mass is 79.9. The van der Waals surface area contributed by atoms with Gasteiger partial charge in [-0.2, -0.15) is 0 Å². The molecule has 2 nitrogen and oxygen atoms in total. The third kappa shape index (κ3) is 1.93. The van der Waals surface area contributed by atoms with Gasteiger partial charge in [0.1, 0.15) is 0 Å². The fourth-order valence-corrected chi connectivity index (χ4v) is 2.02. The minimum atomic E-state index is 0.302. The van der Waals surface area contributed by atoms with Gasteiger partial charge in [-0.15, -0.1) is 0 Å². The number of hydrogen-bond donors (Lipinski definition) is 0. The van der Waals surface area contributed by atoms with Gasteiger partial charge in [0, 0.05) is 23.1 Å². The van der Waals surface area contributed by atoms with Gasteiger partial charge in [0.2, 0.25) is 0 Å². The summed E-state index contributed by atoms with van der Waals surface area (Å²) >= 11 is 9.25. The zero-order valence-corrected chi connectivity index (χ0v) is 9.81. The molecule has 1 aromatic rings. The van der Waals surface area contributed by atoms with Gasteiger partial charge in [-0.25, -0.2) is 0 Å². The van der Waals surface area contributed by atoms with Crippen LogP contribution in [0.3, 0.4) is 0 Å². The molecule has 1 aliphatic heterocycles. The van der Waals surface area contributed by atoms with Crippen LogP contribution in [0.5, 0.6) is 0 Å². The number of hydrogen-bond acceptors (Lipinski definition) is 2. The molecule has 4 heteroatoms. The van der Waals surface area contributed by atoms with Crippen molar-refractivity contribution in [3.05, 3.63) is 27.7 Å². The minimum absolute atomic E-state index is 0.302. The van der Waals surface area contributed by atoms with E-state index in [0.717, 1.165) is 16.7 Å². The number of ketones is 1. The van der Waals surface area contributed by atoms with Gasteiger partial charge in [0.15, 0.2) is 5.78 Å². The van der Waals surface area contributed by atoms with Gasteiger partial charge in [-0.1, -0.05) is 11.6 Å². The van der Waals surface area contributed by atoms with Crippen LogP contribution in [0.4, 0.5) is 5.69 Å². The smallest absolute Gasteiger partial charge is 0.153 e. The summed E-state index contributed by atoms with van der Waals surface area (Å²) in [4.78, 5) is 13.2. The van der Waals surface area contributed by atoms with Crippen LogP contribution in [0, 0.1) is 0 Å². The second-order valence-corrected chi connectivity index (χ2v) is 4.57. The van der Waals surface area contributed by atoms with Crippen molar-refractivity contribution in [1.29, 1.82) is 0 Å². The molecule has 0 saturated carbocycles. The molecule has 1 saturated heterocycles. The van der Waals surface area contributed by atoms with Crippen molar-refractivity contribution in [2.45, 2.75) is 6.42 Å². The summed E-state index contributed by atoms with van der Waals surface area (Å²) < 4.78 is 0.871. The van der Waals surface area contributed by atoms with Crippen molar-refractivity contribution in [2.75, 3.05) is 18.0 Å². The lowest BCUT2D eigenvalue weighted by Gasteiger charge is -2.16. The number of rotatable bonds is 1. The molecule has 0 radical (unpaired) electrons. The van der Waals surface area contributed by atoms with E-state index in [1.54, 1.807) is 0 Å². The van der Waals surface area contributed by atoms with Crippen LogP contribution >= 0.6 is 27.5 Å². The summed E-state index contributed by atoms with van der Waals surface area (Å²) in [5, 5.41) is 0.694. The van der Waals surface area contributed by atoms with Crippen molar-refractivity contribution < 1.29 is 4.79 Å². The topological polar surface area (TPSA) is 20.3 Å². The summed E-state index contributed by atoms with van der Waals surface area (Å²) in [7, 11) is 0. The van der Waals surface area contributed by atoms with E-state index in [1.165, 1.54) is 0 Å². The number of benzene rings is 1. The molecule has 1 aromatic carbocycles. The molecular weight excluding hydrogens is 265 g/mol. The Kier molecular flexibility index (Phi) is 2.79. The van der Waals surface area contributed by atoms with Crippen LogP contribution in [0.1, 0.15) is 6.42 Å². The average Bonchev–Trinajstić information content (AvgIpc) is 2.57. The van der Waals surface area contributed by atoms with Crippen molar-refractivity contribution in [3.63, 3.8) is 0 Å². The summed E-state index contributed by atoms with van der Waals surface area (Å²) in [5.74, 6) is 0.302. The lowest BCUT2D eigenvalue weighted by atomic mass is 10.3. The first-order chi connectivity index (χ1) is 6.66. The standard InChI is InChI=1S/C10H9BrClNO/c11-9-5-7(1-2-10(9)12)13-4-3-8(14)6-13/h1-2,5H,3-4,6H2. The van der Waals surface area contributed by atoms with Gasteiger partial charge in [0.05, 0.1) is 11.6 Å². The molecule has 2 rings (SSSR count). The van der Waals surface area contributed by atoms with Crippen LogP contribution in [0.2, 0.25) is 5.02 Å². The molecule has 1 fully saturated rings. The Hall–Kier alpha value is -0.540. The Balaban J connectivity index is 2.24. The van der Waals surface area contributed by atoms with Crippen LogP contribution in [0.25, 0.3) is 0 Å². The van der Waals surface area contributed by atoms with E-state index in [4.69, 9.17) is 11.6 Å². The molecule has 0 aliphatic carbocycles. The van der Waals surface area contributed by atoms with E-state index in [2.05, 4.69) is 20.8 Å². The summed E-state index contributed by atoms with van der Waals surface area (Å²) in [6.07, 6.45) is 0.653. The molecule has 0 N–H and O–H groups in total. The quantitative estimate of drug-likeness (QED) is 0.785. The molecular formula is C10H9BrClNO. The number of carbonyl (C=O) groups excluding carboxylic acids is 1. The molecule has 0 amide bonds. The number of nitrogens with zero attached hydrogens (tertiary/aromatic N) is 1. The molecule has 14 heavy (non-hydrogen) atoms. The Bertz CT molecular complexity index is 380. The highest BCUT2D eigenvalue weighted by Crippen LogP contribution is 2.28. The van der Waals surface area contributed by atoms with E-state index >= 15 is 0 Å². The predicted octanol–water partition coefficient (Wildman–Crippen LogP) is 2.88. The Morgan fingerprint density at radius 2 is 2.21 bits per heavy atom. The number of anilines is 1. The third-order valence-electron chi connectivity index (χ3n) is 2.30. The maximum atomic E-state index is 11.1. The summed E-state index contributed by atoms with van der Waals surface area (Å²) in [6, 6.07) is 5.72. The molecule has 0 atom stereocenters. The van der Waals surface area contributed by atoms with Crippen molar-refractivity contribution in [3.8, 4) is 0 Å². The fraction of sp³-hybridized carbons (Fsp3) is 0.300. The number of halogens is 2. The van der Waals surface area contributed by atoms with Crippen LogP contribution in [-0.2, 0) is 4.79 Å². The first-order valence-electron chi connectivity index (χ1n) is 4.38. The largest absolute Gasteiger partial charge is 0.364 e. The summed E-state index contributed by atoms with van der Waals surface area (Å²) in [6.45, 7) is 1.33. The van der Waals surface area contributed by atoms with E-state index in [9.17, 15) is 4.79 Å². The van der Waals surface area contributed by atoms with E-state index in [0.29, 0.717) is 23.8 Å². The lowest BCUT2D eigenvalue weighted by molar-refractivity contribution is -0.116. The van der Waals surface area contributed by atoms with Gasteiger partial charge in [0.25, 0.3) is 0 Å². The molecule has 74 valence electrons. The van der Waals surface area contributed by atoms with E-state index < -0.39 is 0 Å². The second kappa shape index (κ2) is 3.91. The Labute approximate surface area is 96.0 Å². The first kappa shape index (κ1) is 9.99. The Morgan fingerprint density at radius 3 is 2.79 bits per heavy atom. The SMILES string of the molecule is O=C1CCN(c2ccc(Cl)c(Br)c2)C1. The highest BCUT2D eigenvalue weighted by molar-refractivity contribution is 9.10. The molecule has 0 bridgehead atoms. The Morgan fingerprint density at radius 1 is 1.43 bits per heavy atom. The average molecular weight is 275 g/mol. The molecule has 1 heterocycles. The van der Waals surface area contributed by atoms with Gasteiger partial charge in [-0.3, -0.25) is 4.79 Å². The maximum Gasteiger partial charge on any atom is 0.153 e. The van der Waals surface area contributed by atoms with Gasteiger partial charge >= 0.3 is 0 Å². The van der Waals surface area contributed by atoms with Gasteiger partial charge in [-0.05, 0) is 34.1 Å². The maximum absolute atomic E-state index is 11.1. The molecule has 0 aromatic heterocycles. The predicted molar refractivity (Wildman–Crippen MR) is 61.0 cm³/mol. The van der Waals surface area contributed by atoms with E-state index in [1.807, 2.05) is 18.2 Å². The number of Topliss-reactive ketones (excluding diaryl/α,β-unsaturated/α-hetero) is 1. The van der Waals surface area contributed by atoms with Crippen LogP contribution in [0.15, 0.2) is 22.7 Å². The van der Waals surface area contributed by atoms with Crippen molar-refractivity contribution in [1.82, 2.24) is 0 Å². The van der Waals surface area contributed by atoms with Crippen molar-refractivity contribution >= 4 is 39.0 Å². The van der Waals surface area contributed by atoms with E-state index in [-0.39, 0.29) is 0 Å². The third-order valence-corrected chi connectivity index (χ3v) is 3.51.